The number of carbonyl (C=O) groups is 1. The molecular formula is C15H24N2O4. The van der Waals surface area contributed by atoms with Gasteiger partial charge < -0.3 is 24.8 Å². The molecule has 118 valence electrons. The average Bonchev–Trinajstić information content (AvgIpc) is 2.49. The molecule has 0 aromatic heterocycles. The Hall–Kier alpha value is -1.95. The molecule has 0 aliphatic rings. The van der Waals surface area contributed by atoms with Gasteiger partial charge in [-0.05, 0) is 24.6 Å². The van der Waals surface area contributed by atoms with Crippen molar-refractivity contribution in [2.24, 2.45) is 0 Å². The minimum absolute atomic E-state index is 0.0303. The van der Waals surface area contributed by atoms with Crippen LogP contribution >= 0.6 is 0 Å². The van der Waals surface area contributed by atoms with Crippen LogP contribution in [-0.4, -0.2) is 40.3 Å². The topological polar surface area (TPSA) is 68.8 Å². The zero-order valence-electron chi connectivity index (χ0n) is 13.3. The number of benzene rings is 1. The Morgan fingerprint density at radius 2 is 1.67 bits per heavy atom. The summed E-state index contributed by atoms with van der Waals surface area (Å²) < 4.78 is 16.0. The summed E-state index contributed by atoms with van der Waals surface area (Å²) in [5.41, 5.74) is 1.02. The summed E-state index contributed by atoms with van der Waals surface area (Å²) in [6.45, 7) is 4.80. The molecule has 0 saturated heterocycles. The van der Waals surface area contributed by atoms with E-state index < -0.39 is 0 Å². The Morgan fingerprint density at radius 3 is 2.10 bits per heavy atom. The van der Waals surface area contributed by atoms with Gasteiger partial charge in [0.1, 0.15) is 0 Å². The maximum Gasteiger partial charge on any atom is 0.216 e. The fourth-order valence-electron chi connectivity index (χ4n) is 2.00. The van der Waals surface area contributed by atoms with E-state index in [1.165, 1.54) is 6.92 Å². The molecule has 1 amide bonds. The van der Waals surface area contributed by atoms with Crippen molar-refractivity contribution in [1.82, 2.24) is 10.6 Å². The Labute approximate surface area is 125 Å². The minimum atomic E-state index is -0.0303. The van der Waals surface area contributed by atoms with E-state index in [0.29, 0.717) is 30.3 Å². The average molecular weight is 296 g/mol. The molecule has 0 heterocycles. The van der Waals surface area contributed by atoms with E-state index in [9.17, 15) is 4.79 Å². The molecule has 21 heavy (non-hydrogen) atoms. The first kappa shape index (κ1) is 17.1. The fourth-order valence-corrected chi connectivity index (χ4v) is 2.00. The molecule has 6 nitrogen and oxygen atoms in total. The summed E-state index contributed by atoms with van der Waals surface area (Å²) in [4.78, 5) is 10.8. The highest BCUT2D eigenvalue weighted by molar-refractivity contribution is 5.72. The summed E-state index contributed by atoms with van der Waals surface area (Å²) >= 11 is 0. The third kappa shape index (κ3) is 4.82. The smallest absolute Gasteiger partial charge is 0.216 e. The van der Waals surface area contributed by atoms with Gasteiger partial charge in [-0.1, -0.05) is 0 Å². The zero-order chi connectivity index (χ0) is 15.8. The van der Waals surface area contributed by atoms with Crippen molar-refractivity contribution in [1.29, 1.82) is 0 Å². The van der Waals surface area contributed by atoms with E-state index in [1.54, 1.807) is 21.3 Å². The van der Waals surface area contributed by atoms with Crippen molar-refractivity contribution in [3.05, 3.63) is 17.7 Å². The predicted octanol–water partition coefficient (Wildman–Crippen LogP) is 1.50. The lowest BCUT2D eigenvalue weighted by atomic mass is 10.1. The monoisotopic (exact) mass is 296 g/mol. The minimum Gasteiger partial charge on any atom is -0.493 e. The second-order valence-corrected chi connectivity index (χ2v) is 4.62. The lowest BCUT2D eigenvalue weighted by Gasteiger charge is -2.18. The van der Waals surface area contributed by atoms with Gasteiger partial charge >= 0.3 is 0 Å². The Morgan fingerprint density at radius 1 is 1.10 bits per heavy atom. The highest BCUT2D eigenvalue weighted by atomic mass is 16.5. The molecule has 2 N–H and O–H groups in total. The summed E-state index contributed by atoms with van der Waals surface area (Å²) in [6, 6.07) is 3.92. The number of methoxy groups -OCH3 is 3. The molecule has 0 aliphatic carbocycles. The summed E-state index contributed by atoms with van der Waals surface area (Å²) in [5, 5.41) is 6.07. The Bertz CT molecular complexity index is 452. The molecule has 0 bridgehead atoms. The van der Waals surface area contributed by atoms with Crippen LogP contribution in [0, 0.1) is 0 Å². The van der Waals surface area contributed by atoms with E-state index in [0.717, 1.165) is 5.56 Å². The third-order valence-corrected chi connectivity index (χ3v) is 3.14. The second-order valence-electron chi connectivity index (χ2n) is 4.62. The molecule has 0 saturated carbocycles. The van der Waals surface area contributed by atoms with Gasteiger partial charge in [0, 0.05) is 26.1 Å². The highest BCUT2D eigenvalue weighted by Gasteiger charge is 2.15. The number of nitrogens with one attached hydrogen (secondary N) is 2. The van der Waals surface area contributed by atoms with Gasteiger partial charge in [0.25, 0.3) is 0 Å². The molecule has 1 unspecified atom stereocenters. The molecule has 1 rings (SSSR count). The summed E-state index contributed by atoms with van der Waals surface area (Å²) in [5.74, 6) is 1.80. The fraction of sp³-hybridized carbons (Fsp3) is 0.533. The number of hydrogen-bond donors (Lipinski definition) is 2. The third-order valence-electron chi connectivity index (χ3n) is 3.14. The van der Waals surface area contributed by atoms with Crippen molar-refractivity contribution in [3.8, 4) is 17.2 Å². The molecule has 1 aromatic rings. The number of amides is 1. The van der Waals surface area contributed by atoms with E-state index in [2.05, 4.69) is 10.6 Å². The largest absolute Gasteiger partial charge is 0.493 e. The van der Waals surface area contributed by atoms with Crippen LogP contribution in [0.1, 0.15) is 25.5 Å². The van der Waals surface area contributed by atoms with Gasteiger partial charge in [0.15, 0.2) is 11.5 Å². The van der Waals surface area contributed by atoms with Gasteiger partial charge in [0.2, 0.25) is 11.7 Å². The molecule has 0 aliphatic heterocycles. The molecule has 6 heteroatoms. The normalized spacial score (nSPS) is 11.7. The van der Waals surface area contributed by atoms with Crippen LogP contribution in [0.4, 0.5) is 0 Å². The van der Waals surface area contributed by atoms with Crippen molar-refractivity contribution >= 4 is 5.91 Å². The number of carbonyl (C=O) groups excluding carboxylic acids is 1. The lowest BCUT2D eigenvalue weighted by molar-refractivity contribution is -0.118. The van der Waals surface area contributed by atoms with Crippen molar-refractivity contribution in [3.63, 3.8) is 0 Å². The van der Waals surface area contributed by atoms with Gasteiger partial charge in [-0.3, -0.25) is 4.79 Å². The van der Waals surface area contributed by atoms with Gasteiger partial charge in [-0.15, -0.1) is 0 Å². The van der Waals surface area contributed by atoms with Crippen LogP contribution in [0.15, 0.2) is 12.1 Å². The maximum atomic E-state index is 10.8. The first-order valence-electron chi connectivity index (χ1n) is 6.81. The van der Waals surface area contributed by atoms with Gasteiger partial charge in [0.05, 0.1) is 21.3 Å². The summed E-state index contributed by atoms with van der Waals surface area (Å²) in [7, 11) is 4.76. The van der Waals surface area contributed by atoms with Crippen LogP contribution in [0.25, 0.3) is 0 Å². The van der Waals surface area contributed by atoms with Crippen LogP contribution in [0.5, 0.6) is 17.2 Å². The predicted molar refractivity (Wildman–Crippen MR) is 81.2 cm³/mol. The Balaban J connectivity index is 2.79. The molecule has 1 atom stereocenters. The van der Waals surface area contributed by atoms with Crippen molar-refractivity contribution < 1.29 is 19.0 Å². The van der Waals surface area contributed by atoms with Crippen LogP contribution in [-0.2, 0) is 4.79 Å². The number of hydrogen-bond acceptors (Lipinski definition) is 5. The quantitative estimate of drug-likeness (QED) is 0.712. The number of ether oxygens (including phenoxy) is 3. The number of rotatable bonds is 8. The van der Waals surface area contributed by atoms with Gasteiger partial charge in [-0.2, -0.15) is 0 Å². The SMILES string of the molecule is COc1cc(C(C)NCCNC(C)=O)cc(OC)c1OC. The standard InChI is InChI=1S/C15H24N2O4/c1-10(16-6-7-17-11(2)18)12-8-13(19-3)15(21-5)14(9-12)20-4/h8-10,16H,6-7H2,1-5H3,(H,17,18). The Kier molecular flexibility index (Phi) is 6.81. The highest BCUT2D eigenvalue weighted by Crippen LogP contribution is 2.39. The van der Waals surface area contributed by atoms with Crippen LogP contribution < -0.4 is 24.8 Å². The van der Waals surface area contributed by atoms with Gasteiger partial charge in [-0.25, -0.2) is 0 Å². The van der Waals surface area contributed by atoms with Crippen LogP contribution in [0.2, 0.25) is 0 Å². The van der Waals surface area contributed by atoms with E-state index in [4.69, 9.17) is 14.2 Å². The van der Waals surface area contributed by atoms with Crippen molar-refractivity contribution in [2.75, 3.05) is 34.4 Å². The molecule has 0 radical (unpaired) electrons. The first-order chi connectivity index (χ1) is 10.0. The lowest BCUT2D eigenvalue weighted by Crippen LogP contribution is -2.31. The zero-order valence-corrected chi connectivity index (χ0v) is 13.3. The molecule has 0 spiro atoms. The molecular weight excluding hydrogens is 272 g/mol. The molecule has 0 fully saturated rings. The van der Waals surface area contributed by atoms with E-state index in [1.807, 2.05) is 19.1 Å². The van der Waals surface area contributed by atoms with E-state index in [-0.39, 0.29) is 11.9 Å². The first-order valence-corrected chi connectivity index (χ1v) is 6.81. The van der Waals surface area contributed by atoms with Crippen molar-refractivity contribution in [2.45, 2.75) is 19.9 Å². The maximum absolute atomic E-state index is 10.8. The molecule has 1 aromatic carbocycles. The van der Waals surface area contributed by atoms with E-state index >= 15 is 0 Å². The second kappa shape index (κ2) is 8.36. The summed E-state index contributed by atoms with van der Waals surface area (Å²) in [6.07, 6.45) is 0. The van der Waals surface area contributed by atoms with Crippen LogP contribution in [0.3, 0.4) is 0 Å².